The van der Waals surface area contributed by atoms with Crippen molar-refractivity contribution in [3.05, 3.63) is 54.4 Å². The minimum Gasteiger partial charge on any atom is -0.444 e. The van der Waals surface area contributed by atoms with Crippen LogP contribution < -0.4 is 10.6 Å². The molecule has 3 rings (SSSR count). The van der Waals surface area contributed by atoms with Crippen LogP contribution in [0.25, 0.3) is 0 Å². The molecule has 1 aliphatic heterocycles. The third-order valence-corrected chi connectivity index (χ3v) is 6.76. The van der Waals surface area contributed by atoms with Gasteiger partial charge in [-0.25, -0.2) is 18.0 Å². The first-order chi connectivity index (χ1) is 15.5. The van der Waals surface area contributed by atoms with E-state index in [-0.39, 0.29) is 31.1 Å². The van der Waals surface area contributed by atoms with Gasteiger partial charge in [0.05, 0.1) is 4.90 Å². The van der Waals surface area contributed by atoms with Crippen LogP contribution in [0.1, 0.15) is 26.3 Å². The van der Waals surface area contributed by atoms with Gasteiger partial charge in [-0.2, -0.15) is 4.31 Å². The summed E-state index contributed by atoms with van der Waals surface area (Å²) in [4.78, 5) is 29.8. The van der Waals surface area contributed by atoms with E-state index in [4.69, 9.17) is 4.74 Å². The summed E-state index contributed by atoms with van der Waals surface area (Å²) < 4.78 is 32.6. The first-order valence-corrected chi connectivity index (χ1v) is 12.0. The summed E-state index contributed by atoms with van der Waals surface area (Å²) in [6, 6.07) is 9.18. The van der Waals surface area contributed by atoms with Crippen LogP contribution >= 0.6 is 0 Å². The van der Waals surface area contributed by atoms with E-state index in [1.165, 1.54) is 33.5 Å². The summed E-state index contributed by atoms with van der Waals surface area (Å²) in [6.45, 7) is 6.57. The van der Waals surface area contributed by atoms with Crippen molar-refractivity contribution in [2.24, 2.45) is 0 Å². The number of aromatic nitrogens is 1. The SMILES string of the molecule is CC(C)(C)OC(=O)N1CCN(S(=O)(=O)c2ccc(NC(=O)NCc3ccncc3)cc2)CC1. The highest BCUT2D eigenvalue weighted by Gasteiger charge is 2.31. The van der Waals surface area contributed by atoms with Crippen molar-refractivity contribution in [1.29, 1.82) is 0 Å². The molecule has 10 nitrogen and oxygen atoms in total. The van der Waals surface area contributed by atoms with Gasteiger partial charge >= 0.3 is 12.1 Å². The number of hydrogen-bond acceptors (Lipinski definition) is 6. The molecule has 2 heterocycles. The Balaban J connectivity index is 1.53. The normalized spacial score (nSPS) is 15.1. The lowest BCUT2D eigenvalue weighted by Crippen LogP contribution is -2.51. The minimum atomic E-state index is -3.72. The predicted octanol–water partition coefficient (Wildman–Crippen LogP) is 2.64. The quantitative estimate of drug-likeness (QED) is 0.686. The molecule has 0 atom stereocenters. The minimum absolute atomic E-state index is 0.121. The van der Waals surface area contributed by atoms with E-state index in [0.717, 1.165) is 5.56 Å². The molecule has 1 fully saturated rings. The molecule has 1 saturated heterocycles. The van der Waals surface area contributed by atoms with E-state index in [2.05, 4.69) is 15.6 Å². The molecular weight excluding hydrogens is 446 g/mol. The third-order valence-electron chi connectivity index (χ3n) is 4.84. The van der Waals surface area contributed by atoms with Crippen molar-refractivity contribution in [1.82, 2.24) is 19.5 Å². The van der Waals surface area contributed by atoms with Gasteiger partial charge in [-0.15, -0.1) is 0 Å². The second-order valence-corrected chi connectivity index (χ2v) is 10.5. The lowest BCUT2D eigenvalue weighted by molar-refractivity contribution is 0.0192. The van der Waals surface area contributed by atoms with Crippen molar-refractivity contribution in [2.75, 3.05) is 31.5 Å². The van der Waals surface area contributed by atoms with Crippen molar-refractivity contribution < 1.29 is 22.7 Å². The summed E-state index contributed by atoms with van der Waals surface area (Å²) in [5.41, 5.74) is 0.774. The first-order valence-electron chi connectivity index (χ1n) is 10.6. The molecule has 2 N–H and O–H groups in total. The van der Waals surface area contributed by atoms with Gasteiger partial charge in [-0.3, -0.25) is 4.98 Å². The van der Waals surface area contributed by atoms with Crippen LogP contribution in [0.5, 0.6) is 0 Å². The molecule has 3 amide bonds. The maximum atomic E-state index is 13.0. The first kappa shape index (κ1) is 24.5. The zero-order valence-corrected chi connectivity index (χ0v) is 19.8. The number of pyridine rings is 1. The Kier molecular flexibility index (Phi) is 7.54. The van der Waals surface area contributed by atoms with Crippen molar-refractivity contribution in [2.45, 2.75) is 37.8 Å². The van der Waals surface area contributed by atoms with Crippen LogP contribution in [0.15, 0.2) is 53.7 Å². The zero-order valence-electron chi connectivity index (χ0n) is 18.9. The van der Waals surface area contributed by atoms with Crippen molar-refractivity contribution in [3.63, 3.8) is 0 Å². The number of benzene rings is 1. The van der Waals surface area contributed by atoms with E-state index in [1.54, 1.807) is 45.3 Å². The van der Waals surface area contributed by atoms with Crippen molar-refractivity contribution in [3.8, 4) is 0 Å². The van der Waals surface area contributed by atoms with Crippen LogP contribution in [-0.4, -0.2) is 66.5 Å². The lowest BCUT2D eigenvalue weighted by atomic mass is 10.2. The standard InChI is InChI=1S/C22H29N5O5S/c1-22(2,3)32-21(29)26-12-14-27(15-13-26)33(30,31)19-6-4-18(5-7-19)25-20(28)24-16-17-8-10-23-11-9-17/h4-11H,12-16H2,1-3H3,(H2,24,25,28). The molecule has 1 aliphatic rings. The molecule has 0 aliphatic carbocycles. The number of hydrogen-bond donors (Lipinski definition) is 2. The molecule has 1 aromatic carbocycles. The molecule has 11 heteroatoms. The number of carbonyl (C=O) groups is 2. The fraction of sp³-hybridized carbons (Fsp3) is 0.409. The summed E-state index contributed by atoms with van der Waals surface area (Å²) in [6.07, 6.45) is 2.84. The van der Waals surface area contributed by atoms with Gasteiger partial charge in [-0.1, -0.05) is 0 Å². The molecular formula is C22H29N5O5S. The van der Waals surface area contributed by atoms with Gasteiger partial charge in [0, 0.05) is 50.8 Å². The van der Waals surface area contributed by atoms with Crippen LogP contribution in [-0.2, 0) is 21.3 Å². The number of piperazine rings is 1. The topological polar surface area (TPSA) is 121 Å². The molecule has 178 valence electrons. The fourth-order valence-electron chi connectivity index (χ4n) is 3.16. The number of ether oxygens (including phenoxy) is 1. The predicted molar refractivity (Wildman–Crippen MR) is 123 cm³/mol. The Labute approximate surface area is 194 Å². The average Bonchev–Trinajstić information content (AvgIpc) is 2.78. The van der Waals surface area contributed by atoms with Gasteiger partial charge in [0.15, 0.2) is 0 Å². The molecule has 0 unspecified atom stereocenters. The summed E-state index contributed by atoms with van der Waals surface area (Å²) in [5, 5.41) is 5.40. The summed E-state index contributed by atoms with van der Waals surface area (Å²) in [5.74, 6) is 0. The highest BCUT2D eigenvalue weighted by Crippen LogP contribution is 2.21. The molecule has 0 saturated carbocycles. The van der Waals surface area contributed by atoms with Gasteiger partial charge in [0.1, 0.15) is 5.60 Å². The molecule has 2 aromatic rings. The molecule has 33 heavy (non-hydrogen) atoms. The number of anilines is 1. The Morgan fingerprint density at radius 3 is 2.18 bits per heavy atom. The second-order valence-electron chi connectivity index (χ2n) is 8.56. The number of amides is 3. The molecule has 1 aromatic heterocycles. The zero-order chi connectivity index (χ0) is 24.1. The number of rotatable bonds is 5. The lowest BCUT2D eigenvalue weighted by Gasteiger charge is -2.35. The van der Waals surface area contributed by atoms with Gasteiger partial charge < -0.3 is 20.3 Å². The van der Waals surface area contributed by atoms with Gasteiger partial charge in [0.2, 0.25) is 10.0 Å². The van der Waals surface area contributed by atoms with Crippen LogP contribution in [0.3, 0.4) is 0 Å². The van der Waals surface area contributed by atoms with E-state index >= 15 is 0 Å². The molecule has 0 spiro atoms. The van der Waals surface area contributed by atoms with Gasteiger partial charge in [0.25, 0.3) is 0 Å². The monoisotopic (exact) mass is 475 g/mol. The third kappa shape index (κ3) is 6.90. The van der Waals surface area contributed by atoms with Crippen LogP contribution in [0.2, 0.25) is 0 Å². The number of sulfonamides is 1. The average molecular weight is 476 g/mol. The van der Waals surface area contributed by atoms with Gasteiger partial charge in [-0.05, 0) is 62.7 Å². The number of nitrogens with one attached hydrogen (secondary N) is 2. The Morgan fingerprint density at radius 2 is 1.61 bits per heavy atom. The Bertz CT molecular complexity index is 1060. The Morgan fingerprint density at radius 1 is 1.00 bits per heavy atom. The smallest absolute Gasteiger partial charge is 0.410 e. The molecule has 0 radical (unpaired) electrons. The summed E-state index contributed by atoms with van der Waals surface area (Å²) >= 11 is 0. The number of carbonyl (C=O) groups excluding carboxylic acids is 2. The highest BCUT2D eigenvalue weighted by molar-refractivity contribution is 7.89. The second kappa shape index (κ2) is 10.2. The van der Waals surface area contributed by atoms with Crippen LogP contribution in [0, 0.1) is 0 Å². The van der Waals surface area contributed by atoms with E-state index in [9.17, 15) is 18.0 Å². The van der Waals surface area contributed by atoms with E-state index in [0.29, 0.717) is 12.2 Å². The van der Waals surface area contributed by atoms with E-state index < -0.39 is 27.7 Å². The molecule has 0 bridgehead atoms. The largest absolute Gasteiger partial charge is 0.444 e. The highest BCUT2D eigenvalue weighted by atomic mass is 32.2. The maximum Gasteiger partial charge on any atom is 0.410 e. The van der Waals surface area contributed by atoms with Crippen molar-refractivity contribution >= 4 is 27.8 Å². The number of urea groups is 1. The van der Waals surface area contributed by atoms with Crippen LogP contribution in [0.4, 0.5) is 15.3 Å². The summed E-state index contributed by atoms with van der Waals surface area (Å²) in [7, 11) is -3.72. The van der Waals surface area contributed by atoms with E-state index in [1.807, 2.05) is 0 Å². The fourth-order valence-corrected chi connectivity index (χ4v) is 4.58. The number of nitrogens with zero attached hydrogens (tertiary/aromatic N) is 3. The Hall–Kier alpha value is -3.18. The maximum absolute atomic E-state index is 13.0.